The molecule has 2 aromatic carbocycles. The molecule has 4 rings (SSSR count). The third kappa shape index (κ3) is 4.36. The maximum atomic E-state index is 13.3. The fourth-order valence-corrected chi connectivity index (χ4v) is 3.49. The third-order valence-corrected chi connectivity index (χ3v) is 5.23. The lowest BCUT2D eigenvalue weighted by molar-refractivity contribution is 0.0269. The number of aryl methyl sites for hydroxylation is 1. The first-order chi connectivity index (χ1) is 15.0. The van der Waals surface area contributed by atoms with Crippen molar-refractivity contribution < 1.29 is 18.3 Å². The van der Waals surface area contributed by atoms with Gasteiger partial charge in [0.25, 0.3) is 5.89 Å². The predicted molar refractivity (Wildman–Crippen MR) is 114 cm³/mol. The van der Waals surface area contributed by atoms with Gasteiger partial charge in [0.1, 0.15) is 5.82 Å². The van der Waals surface area contributed by atoms with Crippen LogP contribution < -0.4 is 0 Å². The molecule has 0 amide bonds. The number of carbonyl (C=O) groups is 1. The number of ether oxygens (including phenoxy) is 1. The van der Waals surface area contributed by atoms with Crippen molar-refractivity contribution in [2.75, 3.05) is 6.26 Å². The van der Waals surface area contributed by atoms with Crippen LogP contribution in [0.5, 0.6) is 0 Å². The summed E-state index contributed by atoms with van der Waals surface area (Å²) in [4.78, 5) is 17.1. The number of esters is 1. The highest BCUT2D eigenvalue weighted by Gasteiger charge is 2.24. The molecule has 1 atom stereocenters. The number of thioether (sulfide) groups is 1. The molecule has 0 aliphatic carbocycles. The monoisotopic (exact) mass is 438 g/mol. The summed E-state index contributed by atoms with van der Waals surface area (Å²) in [6.07, 6.45) is 2.49. The number of aromatic nitrogens is 4. The molecule has 0 bridgehead atoms. The minimum Gasteiger partial charge on any atom is -0.448 e. The van der Waals surface area contributed by atoms with Crippen molar-refractivity contribution in [3.63, 3.8) is 0 Å². The highest BCUT2D eigenvalue weighted by atomic mass is 32.2. The smallest absolute Gasteiger partial charge is 0.357 e. The number of imidazole rings is 1. The Bertz CT molecular complexity index is 1200. The lowest BCUT2D eigenvalue weighted by Gasteiger charge is -2.13. The summed E-state index contributed by atoms with van der Waals surface area (Å²) in [6, 6.07) is 13.4. The van der Waals surface area contributed by atoms with Gasteiger partial charge in [-0.2, -0.15) is 0 Å². The SMILES string of the molecule is CSc1ncc(C(=O)OC(C)c2nnc(-c3ccc(C)cc3)o2)n1-c1ccc(F)cc1. The van der Waals surface area contributed by atoms with Gasteiger partial charge in [-0.3, -0.25) is 4.57 Å². The fraction of sp³-hybridized carbons (Fsp3) is 0.182. The average Bonchev–Trinajstić information content (AvgIpc) is 3.42. The highest BCUT2D eigenvalue weighted by Crippen LogP contribution is 2.26. The van der Waals surface area contributed by atoms with Crippen LogP contribution in [0, 0.1) is 12.7 Å². The van der Waals surface area contributed by atoms with E-state index in [4.69, 9.17) is 9.15 Å². The van der Waals surface area contributed by atoms with E-state index in [0.717, 1.165) is 11.1 Å². The van der Waals surface area contributed by atoms with E-state index in [1.54, 1.807) is 23.6 Å². The quantitative estimate of drug-likeness (QED) is 0.309. The Hall–Kier alpha value is -3.46. The first-order valence-corrected chi connectivity index (χ1v) is 10.7. The van der Waals surface area contributed by atoms with Gasteiger partial charge in [0.2, 0.25) is 5.89 Å². The third-order valence-electron chi connectivity index (χ3n) is 4.58. The van der Waals surface area contributed by atoms with Crippen LogP contribution in [0.1, 0.15) is 35.0 Å². The van der Waals surface area contributed by atoms with Gasteiger partial charge in [0.05, 0.1) is 6.20 Å². The van der Waals surface area contributed by atoms with E-state index < -0.39 is 12.1 Å². The van der Waals surface area contributed by atoms with Crippen LogP contribution in [0.25, 0.3) is 17.1 Å². The van der Waals surface area contributed by atoms with Gasteiger partial charge in [-0.05, 0) is 56.5 Å². The zero-order valence-corrected chi connectivity index (χ0v) is 17.9. The molecule has 0 aliphatic rings. The van der Waals surface area contributed by atoms with Gasteiger partial charge in [0.15, 0.2) is 17.0 Å². The molecule has 1 unspecified atom stereocenters. The van der Waals surface area contributed by atoms with Gasteiger partial charge in [-0.25, -0.2) is 14.2 Å². The number of nitrogens with zero attached hydrogens (tertiary/aromatic N) is 4. The zero-order valence-electron chi connectivity index (χ0n) is 17.1. The van der Waals surface area contributed by atoms with Crippen molar-refractivity contribution in [1.29, 1.82) is 0 Å². The zero-order chi connectivity index (χ0) is 22.0. The van der Waals surface area contributed by atoms with Crippen LogP contribution in [-0.4, -0.2) is 32.0 Å². The van der Waals surface area contributed by atoms with Crippen LogP contribution in [-0.2, 0) is 4.74 Å². The summed E-state index contributed by atoms with van der Waals surface area (Å²) in [5.41, 5.74) is 2.71. The summed E-state index contributed by atoms with van der Waals surface area (Å²) < 4.78 is 26.2. The normalized spacial score (nSPS) is 12.0. The number of hydrogen-bond acceptors (Lipinski definition) is 7. The van der Waals surface area contributed by atoms with Crippen molar-refractivity contribution in [3.8, 4) is 17.1 Å². The molecule has 4 aromatic rings. The Labute approximate surface area is 182 Å². The van der Waals surface area contributed by atoms with Gasteiger partial charge >= 0.3 is 5.97 Å². The molecule has 0 spiro atoms. The van der Waals surface area contributed by atoms with Gasteiger partial charge in [0, 0.05) is 11.3 Å². The van der Waals surface area contributed by atoms with Crippen LogP contribution in [0.4, 0.5) is 4.39 Å². The first-order valence-electron chi connectivity index (χ1n) is 9.45. The predicted octanol–water partition coefficient (Wildman–Crippen LogP) is 5.01. The summed E-state index contributed by atoms with van der Waals surface area (Å²) in [5.74, 6) is -0.450. The second-order valence-electron chi connectivity index (χ2n) is 6.80. The lowest BCUT2D eigenvalue weighted by atomic mass is 10.1. The first kappa shape index (κ1) is 20.8. The standard InChI is InChI=1S/C22H19FN4O3S/c1-13-4-6-15(7-5-13)20-26-25-19(30-20)14(2)29-21(28)18-12-24-22(31-3)27(18)17-10-8-16(23)9-11-17/h4-12,14H,1-3H3. The Morgan fingerprint density at radius 3 is 2.52 bits per heavy atom. The maximum absolute atomic E-state index is 13.3. The number of halogens is 1. The Morgan fingerprint density at radius 2 is 1.84 bits per heavy atom. The minimum absolute atomic E-state index is 0.182. The Morgan fingerprint density at radius 1 is 1.13 bits per heavy atom. The van der Waals surface area contributed by atoms with Gasteiger partial charge < -0.3 is 9.15 Å². The molecule has 0 fully saturated rings. The molecule has 158 valence electrons. The van der Waals surface area contributed by atoms with Crippen molar-refractivity contribution in [1.82, 2.24) is 19.7 Å². The van der Waals surface area contributed by atoms with E-state index in [1.165, 1.54) is 30.1 Å². The Balaban J connectivity index is 1.55. The summed E-state index contributed by atoms with van der Waals surface area (Å²) in [6.45, 7) is 3.64. The van der Waals surface area contributed by atoms with E-state index in [0.29, 0.717) is 16.7 Å². The molecule has 31 heavy (non-hydrogen) atoms. The van der Waals surface area contributed by atoms with Crippen molar-refractivity contribution in [2.24, 2.45) is 0 Å². The molecule has 0 saturated carbocycles. The molecule has 0 radical (unpaired) electrons. The van der Waals surface area contributed by atoms with Crippen molar-refractivity contribution in [2.45, 2.75) is 25.1 Å². The van der Waals surface area contributed by atoms with E-state index in [9.17, 15) is 9.18 Å². The molecule has 0 aliphatic heterocycles. The van der Waals surface area contributed by atoms with Crippen LogP contribution >= 0.6 is 11.8 Å². The summed E-state index contributed by atoms with van der Waals surface area (Å²) in [7, 11) is 0. The molecule has 0 saturated heterocycles. The highest BCUT2D eigenvalue weighted by molar-refractivity contribution is 7.98. The topological polar surface area (TPSA) is 83.0 Å². The molecule has 0 N–H and O–H groups in total. The Kier molecular flexibility index (Phi) is 5.85. The number of benzene rings is 2. The molecular formula is C22H19FN4O3S. The van der Waals surface area contributed by atoms with Crippen LogP contribution in [0.2, 0.25) is 0 Å². The second-order valence-corrected chi connectivity index (χ2v) is 7.57. The van der Waals surface area contributed by atoms with Gasteiger partial charge in [-0.15, -0.1) is 10.2 Å². The number of rotatable bonds is 6. The average molecular weight is 438 g/mol. The lowest BCUT2D eigenvalue weighted by Crippen LogP contribution is -2.14. The van der Waals surface area contributed by atoms with E-state index >= 15 is 0 Å². The fourth-order valence-electron chi connectivity index (χ4n) is 2.95. The van der Waals surface area contributed by atoms with Crippen LogP contribution in [0.15, 0.2) is 64.3 Å². The van der Waals surface area contributed by atoms with Crippen molar-refractivity contribution in [3.05, 3.63) is 77.7 Å². The minimum atomic E-state index is -0.770. The van der Waals surface area contributed by atoms with E-state index in [2.05, 4.69) is 15.2 Å². The number of hydrogen-bond donors (Lipinski definition) is 0. The number of carbonyl (C=O) groups excluding carboxylic acids is 1. The van der Waals surface area contributed by atoms with Gasteiger partial charge in [-0.1, -0.05) is 29.5 Å². The largest absolute Gasteiger partial charge is 0.448 e. The van der Waals surface area contributed by atoms with Crippen molar-refractivity contribution >= 4 is 17.7 Å². The second kappa shape index (κ2) is 8.73. The molecular weight excluding hydrogens is 419 g/mol. The van der Waals surface area contributed by atoms with E-state index in [-0.39, 0.29) is 17.4 Å². The molecule has 2 heterocycles. The maximum Gasteiger partial charge on any atom is 0.357 e. The van der Waals surface area contributed by atoms with Crippen LogP contribution in [0.3, 0.4) is 0 Å². The molecule has 9 heteroatoms. The molecule has 7 nitrogen and oxygen atoms in total. The molecule has 2 aromatic heterocycles. The van der Waals surface area contributed by atoms with E-state index in [1.807, 2.05) is 37.4 Å². The summed E-state index contributed by atoms with van der Waals surface area (Å²) in [5, 5.41) is 8.63. The summed E-state index contributed by atoms with van der Waals surface area (Å²) >= 11 is 1.36.